The largest absolute Gasteiger partial charge is 0.380 e. The fraction of sp³-hybridized carbons (Fsp3) is 0.317. The summed E-state index contributed by atoms with van der Waals surface area (Å²) in [6.45, 7) is 5.24. The number of amides is 1. The molecule has 0 saturated carbocycles. The van der Waals surface area contributed by atoms with Gasteiger partial charge >= 0.3 is 0 Å². The Balaban J connectivity index is 1.20. The Morgan fingerprint density at radius 2 is 1.44 bits per heavy atom. The van der Waals surface area contributed by atoms with Gasteiger partial charge in [-0.05, 0) is 71.6 Å². The molecule has 4 aromatic rings. The van der Waals surface area contributed by atoms with Gasteiger partial charge in [0.05, 0.1) is 24.0 Å². The van der Waals surface area contributed by atoms with Crippen LogP contribution < -0.4 is 10.2 Å². The van der Waals surface area contributed by atoms with E-state index in [9.17, 15) is 19.1 Å². The van der Waals surface area contributed by atoms with Crippen molar-refractivity contribution in [3.05, 3.63) is 143 Å². The zero-order valence-corrected chi connectivity index (χ0v) is 27.5. The molecular weight excluding hydrogens is 601 g/mol. The zero-order chi connectivity index (χ0) is 33.5. The summed E-state index contributed by atoms with van der Waals surface area (Å²) < 4.78 is 14.2. The van der Waals surface area contributed by atoms with Crippen molar-refractivity contribution < 1.29 is 19.1 Å². The maximum atomic E-state index is 14.3. The first-order chi connectivity index (χ1) is 23.1. The molecule has 1 aliphatic carbocycles. The molecule has 4 aromatic carbocycles. The standard InChI is InChI=1S/C41H42FN3O3/c1-40(2)25-34-38(36(46)26-40)39(28-17-19-32(42)20-18-28)45(35-16-10-9-15-33(35)43-34)27-37(47)44-23-21-31(22-24-44)41(48,29-11-5-3-6-12-29)30-13-7-4-8-14-30/h3-20,31,39,43,48H,21-27H2,1-2H3. The molecule has 0 aromatic heterocycles. The van der Waals surface area contributed by atoms with Crippen molar-refractivity contribution in [1.29, 1.82) is 0 Å². The third-order valence-corrected chi connectivity index (χ3v) is 10.4. The van der Waals surface area contributed by atoms with E-state index >= 15 is 0 Å². The van der Waals surface area contributed by atoms with E-state index in [1.165, 1.54) is 12.1 Å². The number of likely N-dealkylation sites (tertiary alicyclic amines) is 1. The predicted octanol–water partition coefficient (Wildman–Crippen LogP) is 7.62. The minimum absolute atomic E-state index is 0.0373. The monoisotopic (exact) mass is 643 g/mol. The van der Waals surface area contributed by atoms with Crippen LogP contribution in [-0.4, -0.2) is 41.3 Å². The number of piperidine rings is 1. The van der Waals surface area contributed by atoms with E-state index in [1.807, 2.05) is 94.7 Å². The number of anilines is 2. The second-order valence-electron chi connectivity index (χ2n) is 14.2. The number of carbonyl (C=O) groups excluding carboxylic acids is 2. The van der Waals surface area contributed by atoms with Gasteiger partial charge in [-0.15, -0.1) is 0 Å². The van der Waals surface area contributed by atoms with E-state index in [0.717, 1.165) is 33.8 Å². The summed E-state index contributed by atoms with van der Waals surface area (Å²) in [7, 11) is 0. The summed E-state index contributed by atoms with van der Waals surface area (Å²) in [6, 6.07) is 33.2. The number of ketones is 1. The number of halogens is 1. The van der Waals surface area contributed by atoms with E-state index < -0.39 is 11.6 Å². The minimum atomic E-state index is -1.18. The molecule has 2 heterocycles. The van der Waals surface area contributed by atoms with Gasteiger partial charge in [0.2, 0.25) is 5.91 Å². The van der Waals surface area contributed by atoms with E-state index in [1.54, 1.807) is 12.1 Å². The molecule has 7 rings (SSSR count). The highest BCUT2D eigenvalue weighted by Gasteiger charge is 2.44. The third-order valence-electron chi connectivity index (χ3n) is 10.4. The second-order valence-corrected chi connectivity index (χ2v) is 14.2. The normalized spacial score (nSPS) is 19.7. The Kier molecular flexibility index (Phi) is 8.42. The molecule has 3 aliphatic rings. The van der Waals surface area contributed by atoms with Crippen LogP contribution in [0.15, 0.2) is 120 Å². The number of para-hydroxylation sites is 2. The Labute approximate surface area is 281 Å². The van der Waals surface area contributed by atoms with Crippen LogP contribution in [0.3, 0.4) is 0 Å². The van der Waals surface area contributed by atoms with Crippen LogP contribution in [-0.2, 0) is 15.2 Å². The molecule has 0 radical (unpaired) electrons. The van der Waals surface area contributed by atoms with Gasteiger partial charge in [0.25, 0.3) is 0 Å². The van der Waals surface area contributed by atoms with Crippen LogP contribution >= 0.6 is 0 Å². The molecule has 7 heteroatoms. The number of allylic oxidation sites excluding steroid dienone is 1. The van der Waals surface area contributed by atoms with Crippen molar-refractivity contribution in [1.82, 2.24) is 4.90 Å². The van der Waals surface area contributed by atoms with E-state index in [4.69, 9.17) is 0 Å². The highest BCUT2D eigenvalue weighted by molar-refractivity contribution is 6.02. The van der Waals surface area contributed by atoms with Crippen molar-refractivity contribution in [3.63, 3.8) is 0 Å². The van der Waals surface area contributed by atoms with Gasteiger partial charge in [-0.1, -0.05) is 98.8 Å². The molecule has 246 valence electrons. The lowest BCUT2D eigenvalue weighted by Crippen LogP contribution is -2.49. The maximum Gasteiger partial charge on any atom is 0.242 e. The number of Topliss-reactive ketones (excluding diaryl/α,β-unsaturated/α-hetero) is 1. The first kappa shape index (κ1) is 31.8. The number of hydrogen-bond donors (Lipinski definition) is 2. The smallest absolute Gasteiger partial charge is 0.242 e. The number of aliphatic hydroxyl groups is 1. The third kappa shape index (κ3) is 5.92. The summed E-state index contributed by atoms with van der Waals surface area (Å²) in [5.74, 6) is -0.453. The lowest BCUT2D eigenvalue weighted by Gasteiger charge is -2.43. The highest BCUT2D eigenvalue weighted by atomic mass is 19.1. The molecule has 6 nitrogen and oxygen atoms in total. The number of rotatable bonds is 6. The molecule has 2 N–H and O–H groups in total. The molecule has 1 saturated heterocycles. The lowest BCUT2D eigenvalue weighted by atomic mass is 9.72. The average Bonchev–Trinajstić information content (AvgIpc) is 3.23. The molecule has 1 fully saturated rings. The SMILES string of the molecule is CC1(C)CC(=O)C2=C(C1)Nc1ccccc1N(CC(=O)N1CCC(C(O)(c3ccccc3)c3ccccc3)CC1)C2c1ccc(F)cc1. The number of nitrogens with zero attached hydrogens (tertiary/aromatic N) is 2. The Hall–Kier alpha value is -4.75. The number of fused-ring (bicyclic) bond motifs is 1. The first-order valence-corrected chi connectivity index (χ1v) is 16.9. The van der Waals surface area contributed by atoms with E-state index in [2.05, 4.69) is 19.2 Å². The van der Waals surface area contributed by atoms with Crippen LogP contribution in [0.4, 0.5) is 15.8 Å². The summed E-state index contributed by atoms with van der Waals surface area (Å²) in [4.78, 5) is 32.2. The average molecular weight is 644 g/mol. The first-order valence-electron chi connectivity index (χ1n) is 16.9. The molecule has 1 unspecified atom stereocenters. The Morgan fingerprint density at radius 3 is 2.06 bits per heavy atom. The molecule has 0 spiro atoms. The Bertz CT molecular complexity index is 1790. The summed E-state index contributed by atoms with van der Waals surface area (Å²) >= 11 is 0. The van der Waals surface area contributed by atoms with Crippen molar-refractivity contribution in [2.75, 3.05) is 29.9 Å². The molecular formula is C41H42FN3O3. The number of benzene rings is 4. The van der Waals surface area contributed by atoms with E-state index in [-0.39, 0.29) is 35.4 Å². The molecule has 48 heavy (non-hydrogen) atoms. The van der Waals surface area contributed by atoms with Crippen LogP contribution in [0.5, 0.6) is 0 Å². The number of nitrogens with one attached hydrogen (secondary N) is 1. The quantitative estimate of drug-likeness (QED) is 0.226. The second kappa shape index (κ2) is 12.7. The summed E-state index contributed by atoms with van der Waals surface area (Å²) in [6.07, 6.45) is 2.34. The van der Waals surface area contributed by atoms with Crippen molar-refractivity contribution in [3.8, 4) is 0 Å². The molecule has 0 bridgehead atoms. The molecule has 1 atom stereocenters. The zero-order valence-electron chi connectivity index (χ0n) is 27.5. The molecule has 2 aliphatic heterocycles. The van der Waals surface area contributed by atoms with Crippen molar-refractivity contribution in [2.45, 2.75) is 51.2 Å². The van der Waals surface area contributed by atoms with Crippen LogP contribution in [0.25, 0.3) is 0 Å². The van der Waals surface area contributed by atoms with Gasteiger partial charge in [-0.2, -0.15) is 0 Å². The van der Waals surface area contributed by atoms with Gasteiger partial charge in [-0.3, -0.25) is 9.59 Å². The lowest BCUT2D eigenvalue weighted by molar-refractivity contribution is -0.132. The summed E-state index contributed by atoms with van der Waals surface area (Å²) in [5.41, 5.74) is 4.20. The van der Waals surface area contributed by atoms with Gasteiger partial charge in [0.15, 0.2) is 5.78 Å². The number of carbonyl (C=O) groups is 2. The van der Waals surface area contributed by atoms with Crippen LogP contribution in [0.1, 0.15) is 62.3 Å². The molecule has 1 amide bonds. The van der Waals surface area contributed by atoms with Crippen molar-refractivity contribution in [2.24, 2.45) is 11.3 Å². The fourth-order valence-electron chi connectivity index (χ4n) is 8.03. The van der Waals surface area contributed by atoms with E-state index in [0.29, 0.717) is 44.3 Å². The van der Waals surface area contributed by atoms with Gasteiger partial charge < -0.3 is 20.2 Å². The van der Waals surface area contributed by atoms with Crippen molar-refractivity contribution >= 4 is 23.1 Å². The fourth-order valence-corrected chi connectivity index (χ4v) is 8.03. The topological polar surface area (TPSA) is 72.9 Å². The summed E-state index contributed by atoms with van der Waals surface area (Å²) in [5, 5.41) is 16.0. The van der Waals surface area contributed by atoms with Gasteiger partial charge in [-0.25, -0.2) is 4.39 Å². The van der Waals surface area contributed by atoms with Gasteiger partial charge in [0, 0.05) is 30.8 Å². The highest BCUT2D eigenvalue weighted by Crippen LogP contribution is 2.48. The number of hydrogen-bond acceptors (Lipinski definition) is 5. The van der Waals surface area contributed by atoms with Crippen LogP contribution in [0.2, 0.25) is 0 Å². The maximum absolute atomic E-state index is 14.3. The van der Waals surface area contributed by atoms with Crippen LogP contribution in [0, 0.1) is 17.2 Å². The minimum Gasteiger partial charge on any atom is -0.380 e. The predicted molar refractivity (Wildman–Crippen MR) is 187 cm³/mol. The van der Waals surface area contributed by atoms with Gasteiger partial charge in [0.1, 0.15) is 11.4 Å². The Morgan fingerprint density at radius 1 is 0.854 bits per heavy atom.